The molecule has 19 heavy (non-hydrogen) atoms. The Balaban J connectivity index is 1.72. The average molecular weight is 330 g/mol. The van der Waals surface area contributed by atoms with Gasteiger partial charge in [-0.3, -0.25) is 4.90 Å². The summed E-state index contributed by atoms with van der Waals surface area (Å²) >= 11 is 3.36. The second-order valence-electron chi connectivity index (χ2n) is 4.97. The molecule has 1 aliphatic rings. The van der Waals surface area contributed by atoms with Gasteiger partial charge in [-0.1, -0.05) is 15.9 Å². The number of halogens is 1. The fraction of sp³-hybridized carbons (Fsp3) is 0.571. The summed E-state index contributed by atoms with van der Waals surface area (Å²) in [5, 5.41) is 19.5. The highest BCUT2D eigenvalue weighted by Gasteiger charge is 2.20. The lowest BCUT2D eigenvalue weighted by molar-refractivity contribution is 0.0243. The van der Waals surface area contributed by atoms with Crippen molar-refractivity contribution < 1.29 is 14.9 Å². The van der Waals surface area contributed by atoms with Crippen molar-refractivity contribution in [2.24, 2.45) is 0 Å². The van der Waals surface area contributed by atoms with Gasteiger partial charge in [0, 0.05) is 17.6 Å². The number of ether oxygens (including phenoxy) is 1. The lowest BCUT2D eigenvalue weighted by Gasteiger charge is -2.31. The summed E-state index contributed by atoms with van der Waals surface area (Å²) < 4.78 is 6.53. The third-order valence-corrected chi connectivity index (χ3v) is 3.73. The van der Waals surface area contributed by atoms with Crippen LogP contribution in [0.1, 0.15) is 12.8 Å². The van der Waals surface area contributed by atoms with Crippen molar-refractivity contribution in [3.05, 3.63) is 28.7 Å². The molecule has 5 heteroatoms. The van der Waals surface area contributed by atoms with E-state index in [0.717, 1.165) is 29.6 Å². The Morgan fingerprint density at radius 3 is 2.79 bits per heavy atom. The Morgan fingerprint density at radius 1 is 1.37 bits per heavy atom. The number of likely N-dealkylation sites (tertiary alicyclic amines) is 1. The van der Waals surface area contributed by atoms with Crippen LogP contribution >= 0.6 is 15.9 Å². The van der Waals surface area contributed by atoms with E-state index in [-0.39, 0.29) is 12.7 Å². The van der Waals surface area contributed by atoms with Gasteiger partial charge in [-0.15, -0.1) is 0 Å². The van der Waals surface area contributed by atoms with Crippen LogP contribution in [-0.2, 0) is 0 Å². The predicted molar refractivity (Wildman–Crippen MR) is 77.3 cm³/mol. The molecule has 1 fully saturated rings. The van der Waals surface area contributed by atoms with Crippen LogP contribution in [-0.4, -0.2) is 53.6 Å². The molecular formula is C14H20BrNO3. The topological polar surface area (TPSA) is 52.9 Å². The van der Waals surface area contributed by atoms with Gasteiger partial charge in [-0.05, 0) is 43.7 Å². The average Bonchev–Trinajstić information content (AvgIpc) is 2.38. The van der Waals surface area contributed by atoms with Crippen molar-refractivity contribution in [3.8, 4) is 5.75 Å². The molecule has 1 aromatic rings. The zero-order valence-corrected chi connectivity index (χ0v) is 12.4. The van der Waals surface area contributed by atoms with E-state index >= 15 is 0 Å². The fourth-order valence-electron chi connectivity index (χ4n) is 2.27. The molecule has 2 rings (SSSR count). The SMILES string of the molecule is OC1CCCN(CC(O)COc2ccc(Br)cc2)C1. The van der Waals surface area contributed by atoms with Gasteiger partial charge in [0.1, 0.15) is 18.5 Å². The Labute approximate surface area is 122 Å². The molecule has 2 unspecified atom stereocenters. The van der Waals surface area contributed by atoms with Gasteiger partial charge < -0.3 is 14.9 Å². The third-order valence-electron chi connectivity index (χ3n) is 3.21. The van der Waals surface area contributed by atoms with Gasteiger partial charge in [-0.2, -0.15) is 0 Å². The maximum absolute atomic E-state index is 9.95. The summed E-state index contributed by atoms with van der Waals surface area (Å²) in [7, 11) is 0. The minimum absolute atomic E-state index is 0.256. The van der Waals surface area contributed by atoms with E-state index in [1.165, 1.54) is 0 Å². The van der Waals surface area contributed by atoms with Crippen molar-refractivity contribution in [2.75, 3.05) is 26.2 Å². The maximum atomic E-state index is 9.95. The molecule has 2 N–H and O–H groups in total. The van der Waals surface area contributed by atoms with Crippen molar-refractivity contribution in [2.45, 2.75) is 25.0 Å². The van der Waals surface area contributed by atoms with Crippen LogP contribution in [0.15, 0.2) is 28.7 Å². The molecule has 0 aromatic heterocycles. The standard InChI is InChI=1S/C14H20BrNO3/c15-11-3-5-14(6-4-11)19-10-13(18)9-16-7-1-2-12(17)8-16/h3-6,12-13,17-18H,1-2,7-10H2. The molecule has 0 saturated carbocycles. The van der Waals surface area contributed by atoms with Crippen LogP contribution < -0.4 is 4.74 Å². The number of hydrogen-bond donors (Lipinski definition) is 2. The molecule has 1 aromatic carbocycles. The number of piperidine rings is 1. The number of hydrogen-bond acceptors (Lipinski definition) is 4. The molecule has 0 bridgehead atoms. The first-order valence-corrected chi connectivity index (χ1v) is 7.39. The molecule has 0 spiro atoms. The molecule has 1 aliphatic heterocycles. The van der Waals surface area contributed by atoms with Crippen LogP contribution in [0.2, 0.25) is 0 Å². The summed E-state index contributed by atoms with van der Waals surface area (Å²) in [5.41, 5.74) is 0. The summed E-state index contributed by atoms with van der Waals surface area (Å²) in [6.45, 7) is 2.41. The minimum atomic E-state index is -0.533. The lowest BCUT2D eigenvalue weighted by Crippen LogP contribution is -2.43. The van der Waals surface area contributed by atoms with Gasteiger partial charge in [0.05, 0.1) is 6.10 Å². The first-order valence-electron chi connectivity index (χ1n) is 6.60. The van der Waals surface area contributed by atoms with Crippen molar-refractivity contribution >= 4 is 15.9 Å². The Kier molecular flexibility index (Phi) is 5.63. The number of benzene rings is 1. The van der Waals surface area contributed by atoms with E-state index in [4.69, 9.17) is 4.74 Å². The van der Waals surface area contributed by atoms with Crippen LogP contribution in [0.25, 0.3) is 0 Å². The van der Waals surface area contributed by atoms with Gasteiger partial charge in [-0.25, -0.2) is 0 Å². The quantitative estimate of drug-likeness (QED) is 0.862. The largest absolute Gasteiger partial charge is 0.491 e. The highest BCUT2D eigenvalue weighted by atomic mass is 79.9. The van der Waals surface area contributed by atoms with Gasteiger partial charge in [0.2, 0.25) is 0 Å². The molecule has 4 nitrogen and oxygen atoms in total. The molecule has 1 heterocycles. The summed E-state index contributed by atoms with van der Waals surface area (Å²) in [6, 6.07) is 7.54. The summed E-state index contributed by atoms with van der Waals surface area (Å²) in [4.78, 5) is 2.09. The maximum Gasteiger partial charge on any atom is 0.119 e. The second-order valence-corrected chi connectivity index (χ2v) is 5.89. The monoisotopic (exact) mass is 329 g/mol. The van der Waals surface area contributed by atoms with Gasteiger partial charge in [0.25, 0.3) is 0 Å². The van der Waals surface area contributed by atoms with Crippen molar-refractivity contribution in [1.82, 2.24) is 4.90 Å². The first-order chi connectivity index (χ1) is 9.13. The lowest BCUT2D eigenvalue weighted by atomic mass is 10.1. The van der Waals surface area contributed by atoms with Crippen LogP contribution in [0.3, 0.4) is 0 Å². The van der Waals surface area contributed by atoms with E-state index in [1.54, 1.807) is 0 Å². The smallest absolute Gasteiger partial charge is 0.119 e. The molecule has 1 saturated heterocycles. The summed E-state index contributed by atoms with van der Waals surface area (Å²) in [5.74, 6) is 0.751. The van der Waals surface area contributed by atoms with Gasteiger partial charge in [0.15, 0.2) is 0 Å². The Morgan fingerprint density at radius 2 is 2.11 bits per heavy atom. The Hall–Kier alpha value is -0.620. The van der Waals surface area contributed by atoms with Crippen molar-refractivity contribution in [3.63, 3.8) is 0 Å². The third kappa shape index (κ3) is 5.10. The van der Waals surface area contributed by atoms with E-state index in [0.29, 0.717) is 13.1 Å². The minimum Gasteiger partial charge on any atom is -0.491 e. The molecule has 0 radical (unpaired) electrons. The number of aliphatic hydroxyl groups excluding tert-OH is 2. The van der Waals surface area contributed by atoms with E-state index < -0.39 is 6.10 Å². The molecule has 0 amide bonds. The summed E-state index contributed by atoms with van der Waals surface area (Å²) in [6.07, 6.45) is 1.06. The number of aliphatic hydroxyl groups is 2. The van der Waals surface area contributed by atoms with Crippen LogP contribution in [0.5, 0.6) is 5.75 Å². The predicted octanol–water partition coefficient (Wildman–Crippen LogP) is 1.65. The molecule has 106 valence electrons. The van der Waals surface area contributed by atoms with E-state index in [1.807, 2.05) is 24.3 Å². The van der Waals surface area contributed by atoms with E-state index in [9.17, 15) is 10.2 Å². The number of nitrogens with zero attached hydrogens (tertiary/aromatic N) is 1. The zero-order chi connectivity index (χ0) is 13.7. The Bertz CT molecular complexity index is 385. The molecule has 0 aliphatic carbocycles. The first kappa shape index (κ1) is 14.8. The zero-order valence-electron chi connectivity index (χ0n) is 10.8. The normalized spacial score (nSPS) is 22.2. The second kappa shape index (κ2) is 7.24. The number of rotatable bonds is 5. The highest BCUT2D eigenvalue weighted by molar-refractivity contribution is 9.10. The molecule has 2 atom stereocenters. The molecular weight excluding hydrogens is 310 g/mol. The number of β-amino-alcohol motifs (C(OH)–C–C–N with tert-alkyl or cyclic N) is 2. The fourth-order valence-corrected chi connectivity index (χ4v) is 2.54. The highest BCUT2D eigenvalue weighted by Crippen LogP contribution is 2.16. The van der Waals surface area contributed by atoms with Crippen LogP contribution in [0.4, 0.5) is 0 Å². The van der Waals surface area contributed by atoms with Crippen LogP contribution in [0, 0.1) is 0 Å². The van der Waals surface area contributed by atoms with Crippen molar-refractivity contribution in [1.29, 1.82) is 0 Å². The van der Waals surface area contributed by atoms with E-state index in [2.05, 4.69) is 20.8 Å². The van der Waals surface area contributed by atoms with Gasteiger partial charge >= 0.3 is 0 Å².